The SMILES string of the molecule is CN(CCNS(C)(=O)=O)S(=O)(=O)C=Cc1ccccc1. The first-order valence-electron chi connectivity index (χ1n) is 5.85. The molecule has 0 radical (unpaired) electrons. The van der Waals surface area contributed by atoms with E-state index in [2.05, 4.69) is 4.72 Å². The predicted molar refractivity (Wildman–Crippen MR) is 79.9 cm³/mol. The topological polar surface area (TPSA) is 83.6 Å². The summed E-state index contributed by atoms with van der Waals surface area (Å²) in [6, 6.07) is 9.04. The number of sulfonamides is 2. The molecule has 0 saturated carbocycles. The highest BCUT2D eigenvalue weighted by molar-refractivity contribution is 7.92. The van der Waals surface area contributed by atoms with Gasteiger partial charge in [0, 0.05) is 25.5 Å². The van der Waals surface area contributed by atoms with Crippen LogP contribution < -0.4 is 4.72 Å². The molecule has 0 saturated heterocycles. The third kappa shape index (κ3) is 6.29. The monoisotopic (exact) mass is 318 g/mol. The zero-order valence-corrected chi connectivity index (χ0v) is 13.0. The van der Waals surface area contributed by atoms with Crippen LogP contribution in [0.4, 0.5) is 0 Å². The second-order valence-electron chi connectivity index (χ2n) is 4.25. The summed E-state index contributed by atoms with van der Waals surface area (Å²) in [7, 11) is -5.47. The van der Waals surface area contributed by atoms with Crippen LogP contribution in [0.15, 0.2) is 35.7 Å². The fourth-order valence-electron chi connectivity index (χ4n) is 1.35. The maximum atomic E-state index is 11.9. The van der Waals surface area contributed by atoms with Gasteiger partial charge in [-0.15, -0.1) is 0 Å². The van der Waals surface area contributed by atoms with Crippen molar-refractivity contribution < 1.29 is 16.8 Å². The molecule has 1 rings (SSSR count). The van der Waals surface area contributed by atoms with E-state index >= 15 is 0 Å². The summed E-state index contributed by atoms with van der Waals surface area (Å²) in [5.74, 6) is 0. The van der Waals surface area contributed by atoms with Gasteiger partial charge in [0.25, 0.3) is 0 Å². The van der Waals surface area contributed by atoms with Gasteiger partial charge in [-0.3, -0.25) is 0 Å². The lowest BCUT2D eigenvalue weighted by Gasteiger charge is -2.14. The minimum Gasteiger partial charge on any atom is -0.214 e. The van der Waals surface area contributed by atoms with Crippen LogP contribution in [-0.4, -0.2) is 47.5 Å². The van der Waals surface area contributed by atoms with E-state index < -0.39 is 20.0 Å². The van der Waals surface area contributed by atoms with Gasteiger partial charge in [0.2, 0.25) is 20.0 Å². The van der Waals surface area contributed by atoms with Gasteiger partial charge in [-0.25, -0.2) is 25.9 Å². The Morgan fingerprint density at radius 3 is 2.30 bits per heavy atom. The number of rotatable bonds is 7. The highest BCUT2D eigenvalue weighted by Crippen LogP contribution is 2.06. The van der Waals surface area contributed by atoms with E-state index in [4.69, 9.17) is 0 Å². The Kier molecular flexibility index (Phi) is 5.88. The maximum absolute atomic E-state index is 11.9. The molecule has 112 valence electrons. The van der Waals surface area contributed by atoms with Crippen molar-refractivity contribution in [2.75, 3.05) is 26.4 Å². The molecule has 0 aliphatic heterocycles. The lowest BCUT2D eigenvalue weighted by molar-refractivity contribution is 0.477. The second-order valence-corrected chi connectivity index (χ2v) is 8.00. The Balaban J connectivity index is 2.62. The average Bonchev–Trinajstić information content (AvgIpc) is 2.36. The molecule has 0 aliphatic rings. The summed E-state index contributed by atoms with van der Waals surface area (Å²) < 4.78 is 48.9. The molecule has 0 aromatic heterocycles. The molecule has 0 unspecified atom stereocenters. The number of hydrogen-bond acceptors (Lipinski definition) is 4. The number of nitrogens with zero attached hydrogens (tertiary/aromatic N) is 1. The van der Waals surface area contributed by atoms with Crippen molar-refractivity contribution in [1.82, 2.24) is 9.03 Å². The summed E-state index contributed by atoms with van der Waals surface area (Å²) >= 11 is 0. The highest BCUT2D eigenvalue weighted by Gasteiger charge is 2.14. The van der Waals surface area contributed by atoms with E-state index in [-0.39, 0.29) is 13.1 Å². The van der Waals surface area contributed by atoms with Crippen LogP contribution in [0.1, 0.15) is 5.56 Å². The molecule has 1 N–H and O–H groups in total. The minimum atomic E-state index is -3.56. The normalized spacial score (nSPS) is 13.2. The van der Waals surface area contributed by atoms with Crippen LogP contribution in [0.5, 0.6) is 0 Å². The first-order valence-corrected chi connectivity index (χ1v) is 9.24. The van der Waals surface area contributed by atoms with Crippen molar-refractivity contribution in [2.24, 2.45) is 0 Å². The number of likely N-dealkylation sites (N-methyl/N-ethyl adjacent to an activating group) is 1. The van der Waals surface area contributed by atoms with Gasteiger partial charge in [0.1, 0.15) is 0 Å². The number of benzene rings is 1. The van der Waals surface area contributed by atoms with E-state index in [0.29, 0.717) is 0 Å². The van der Waals surface area contributed by atoms with Crippen molar-refractivity contribution in [3.8, 4) is 0 Å². The van der Waals surface area contributed by atoms with Crippen molar-refractivity contribution in [3.05, 3.63) is 41.3 Å². The number of nitrogens with one attached hydrogen (secondary N) is 1. The molecule has 8 heteroatoms. The molecule has 1 aromatic carbocycles. The molecule has 0 aliphatic carbocycles. The summed E-state index contributed by atoms with van der Waals surface area (Å²) in [5.41, 5.74) is 0.777. The fourth-order valence-corrected chi connectivity index (χ4v) is 2.69. The Hall–Kier alpha value is -1.22. The van der Waals surface area contributed by atoms with Crippen LogP contribution in [0.25, 0.3) is 6.08 Å². The minimum absolute atomic E-state index is 0.0355. The standard InChI is InChI=1S/C12H18N2O4S2/c1-14(10-9-13-19(2,15)16)20(17,18)11-8-12-6-4-3-5-7-12/h3-8,11,13H,9-10H2,1-2H3. The zero-order chi connectivity index (χ0) is 15.2. The maximum Gasteiger partial charge on any atom is 0.236 e. The molecule has 1 aromatic rings. The predicted octanol–water partition coefficient (Wildman–Crippen LogP) is 0.468. The molecule has 0 bridgehead atoms. The smallest absolute Gasteiger partial charge is 0.214 e. The second kappa shape index (κ2) is 6.98. The Morgan fingerprint density at radius 1 is 1.15 bits per heavy atom. The van der Waals surface area contributed by atoms with Gasteiger partial charge in [-0.2, -0.15) is 0 Å². The summed E-state index contributed by atoms with van der Waals surface area (Å²) in [4.78, 5) is 0. The summed E-state index contributed by atoms with van der Waals surface area (Å²) in [6.45, 7) is 0.0995. The van der Waals surface area contributed by atoms with E-state index in [0.717, 1.165) is 21.5 Å². The van der Waals surface area contributed by atoms with Crippen LogP contribution in [0.2, 0.25) is 0 Å². The average molecular weight is 318 g/mol. The third-order valence-electron chi connectivity index (χ3n) is 2.46. The van der Waals surface area contributed by atoms with Crippen molar-refractivity contribution in [2.45, 2.75) is 0 Å². The quantitative estimate of drug-likeness (QED) is 0.792. The first-order chi connectivity index (χ1) is 9.21. The molecule has 6 nitrogen and oxygen atoms in total. The van der Waals surface area contributed by atoms with Crippen molar-refractivity contribution >= 4 is 26.1 Å². The van der Waals surface area contributed by atoms with E-state index in [1.54, 1.807) is 12.1 Å². The lowest BCUT2D eigenvalue weighted by atomic mass is 10.2. The fraction of sp³-hybridized carbons (Fsp3) is 0.333. The van der Waals surface area contributed by atoms with Gasteiger partial charge in [-0.1, -0.05) is 30.3 Å². The Morgan fingerprint density at radius 2 is 1.75 bits per heavy atom. The molecule has 0 amide bonds. The molecular weight excluding hydrogens is 300 g/mol. The van der Waals surface area contributed by atoms with E-state index in [1.807, 2.05) is 18.2 Å². The van der Waals surface area contributed by atoms with Gasteiger partial charge in [0.15, 0.2) is 0 Å². The van der Waals surface area contributed by atoms with Crippen LogP contribution in [0, 0.1) is 0 Å². The van der Waals surface area contributed by atoms with Crippen molar-refractivity contribution in [1.29, 1.82) is 0 Å². The molecule has 0 fully saturated rings. The van der Waals surface area contributed by atoms with E-state index in [9.17, 15) is 16.8 Å². The van der Waals surface area contributed by atoms with Gasteiger partial charge in [0.05, 0.1) is 6.26 Å². The third-order valence-corrected chi connectivity index (χ3v) is 4.72. The molecular formula is C12H18N2O4S2. The molecule has 0 spiro atoms. The molecule has 0 atom stereocenters. The Labute approximate surface area is 120 Å². The first kappa shape index (κ1) is 16.8. The van der Waals surface area contributed by atoms with Crippen LogP contribution >= 0.6 is 0 Å². The molecule has 20 heavy (non-hydrogen) atoms. The van der Waals surface area contributed by atoms with Crippen LogP contribution in [-0.2, 0) is 20.0 Å². The van der Waals surface area contributed by atoms with Crippen molar-refractivity contribution in [3.63, 3.8) is 0 Å². The largest absolute Gasteiger partial charge is 0.236 e. The van der Waals surface area contributed by atoms with Gasteiger partial charge >= 0.3 is 0 Å². The zero-order valence-electron chi connectivity index (χ0n) is 11.4. The van der Waals surface area contributed by atoms with Gasteiger partial charge < -0.3 is 0 Å². The lowest BCUT2D eigenvalue weighted by Crippen LogP contribution is -2.34. The van der Waals surface area contributed by atoms with Gasteiger partial charge in [-0.05, 0) is 11.6 Å². The summed E-state index contributed by atoms with van der Waals surface area (Å²) in [6.07, 6.45) is 2.52. The molecule has 0 heterocycles. The van der Waals surface area contributed by atoms with E-state index in [1.165, 1.54) is 13.1 Å². The highest BCUT2D eigenvalue weighted by atomic mass is 32.2. The summed E-state index contributed by atoms with van der Waals surface area (Å²) in [5, 5.41) is 1.10. The van der Waals surface area contributed by atoms with Crippen LogP contribution in [0.3, 0.4) is 0 Å². The Bertz CT molecular complexity index is 652. The number of hydrogen-bond donors (Lipinski definition) is 1.